The van der Waals surface area contributed by atoms with Gasteiger partial charge >= 0.3 is 0 Å². The number of piperidine rings is 1. The van der Waals surface area contributed by atoms with Gasteiger partial charge in [-0.15, -0.1) is 0 Å². The molecule has 2 heterocycles. The molecule has 0 atom stereocenters. The lowest BCUT2D eigenvalue weighted by molar-refractivity contribution is 0.249. The van der Waals surface area contributed by atoms with Crippen LogP contribution in [-0.4, -0.2) is 75.9 Å². The van der Waals surface area contributed by atoms with Crippen molar-refractivity contribution >= 4 is 56.1 Å². The maximum Gasteiger partial charge on any atom is 0.232 e. The highest BCUT2D eigenvalue weighted by atomic mass is 35.5. The van der Waals surface area contributed by atoms with Crippen LogP contribution in [0.5, 0.6) is 5.75 Å². The lowest BCUT2D eigenvalue weighted by Crippen LogP contribution is -2.41. The van der Waals surface area contributed by atoms with E-state index in [0.29, 0.717) is 40.0 Å². The molecule has 0 spiro atoms. The number of sulfonamides is 1. The van der Waals surface area contributed by atoms with Crippen molar-refractivity contribution in [1.29, 1.82) is 0 Å². The number of nitrogens with one attached hydrogen (secondary N) is 2. The smallest absolute Gasteiger partial charge is 0.232 e. The molecule has 1 aliphatic heterocycles. The molecule has 0 bridgehead atoms. The zero-order valence-corrected chi connectivity index (χ0v) is 24.8. The number of rotatable bonds is 10. The van der Waals surface area contributed by atoms with E-state index < -0.39 is 10.0 Å². The number of benzene rings is 2. The van der Waals surface area contributed by atoms with E-state index in [1.165, 1.54) is 16.8 Å². The lowest BCUT2D eigenvalue weighted by Gasteiger charge is -2.36. The van der Waals surface area contributed by atoms with Crippen LogP contribution in [0.2, 0.25) is 5.02 Å². The summed E-state index contributed by atoms with van der Waals surface area (Å²) in [6, 6.07) is 13.9. The van der Waals surface area contributed by atoms with Crippen LogP contribution in [0.15, 0.2) is 48.7 Å². The van der Waals surface area contributed by atoms with Crippen molar-refractivity contribution in [3.05, 3.63) is 53.7 Å². The molecule has 2 aliphatic rings. The van der Waals surface area contributed by atoms with E-state index >= 15 is 0 Å². The summed E-state index contributed by atoms with van der Waals surface area (Å²) in [5.41, 5.74) is 2.98. The molecule has 2 fully saturated rings. The first-order valence-corrected chi connectivity index (χ1v) is 15.6. The van der Waals surface area contributed by atoms with Crippen LogP contribution in [0, 0.1) is 0 Å². The molecule has 214 valence electrons. The van der Waals surface area contributed by atoms with Crippen molar-refractivity contribution in [2.75, 3.05) is 60.4 Å². The van der Waals surface area contributed by atoms with E-state index in [1.54, 1.807) is 13.2 Å². The minimum absolute atomic E-state index is 0.0363. The number of ether oxygens (including phenoxy) is 1. The Labute approximate surface area is 241 Å². The summed E-state index contributed by atoms with van der Waals surface area (Å²) in [4.78, 5) is 13.6. The molecule has 40 heavy (non-hydrogen) atoms. The highest BCUT2D eigenvalue weighted by Gasteiger charge is 2.36. The van der Waals surface area contributed by atoms with E-state index in [0.717, 1.165) is 50.1 Å². The Kier molecular flexibility index (Phi) is 8.25. The second-order valence-electron chi connectivity index (χ2n) is 10.5. The second-order valence-corrected chi connectivity index (χ2v) is 12.8. The predicted octanol–water partition coefficient (Wildman–Crippen LogP) is 5.08. The van der Waals surface area contributed by atoms with Crippen LogP contribution in [0.3, 0.4) is 0 Å². The first-order valence-electron chi connectivity index (χ1n) is 13.4. The van der Waals surface area contributed by atoms with Gasteiger partial charge in [0, 0.05) is 36.9 Å². The average Bonchev–Trinajstić information content (AvgIpc) is 3.76. The van der Waals surface area contributed by atoms with Crippen molar-refractivity contribution in [2.45, 2.75) is 37.8 Å². The van der Waals surface area contributed by atoms with E-state index in [4.69, 9.17) is 16.3 Å². The molecule has 2 aromatic carbocycles. The van der Waals surface area contributed by atoms with Crippen LogP contribution >= 0.6 is 11.6 Å². The van der Waals surface area contributed by atoms with Crippen LogP contribution in [0.4, 0.5) is 34.5 Å². The molecule has 2 N–H and O–H groups in total. The molecular weight excluding hydrogens is 550 g/mol. The average molecular weight is 586 g/mol. The molecule has 3 aromatic rings. The third-order valence-corrected chi connectivity index (χ3v) is 8.85. The Morgan fingerprint density at radius 2 is 1.73 bits per heavy atom. The Bertz CT molecular complexity index is 1460. The van der Waals surface area contributed by atoms with Gasteiger partial charge in [-0.05, 0) is 64.0 Å². The van der Waals surface area contributed by atoms with Gasteiger partial charge in [0.25, 0.3) is 0 Å². The van der Waals surface area contributed by atoms with Gasteiger partial charge in [0.1, 0.15) is 10.8 Å². The number of hydrogen-bond donors (Lipinski definition) is 2. The second kappa shape index (κ2) is 11.7. The Morgan fingerprint density at radius 3 is 2.38 bits per heavy atom. The summed E-state index contributed by atoms with van der Waals surface area (Å²) < 4.78 is 32.4. The summed E-state index contributed by atoms with van der Waals surface area (Å²) in [7, 11) is 2.46. The fraction of sp³-hybridized carbons (Fsp3) is 0.429. The topological polar surface area (TPSA) is 103 Å². The van der Waals surface area contributed by atoms with Gasteiger partial charge in [0.15, 0.2) is 5.82 Å². The monoisotopic (exact) mass is 585 g/mol. The molecular formula is C28H36ClN7O3S. The summed E-state index contributed by atoms with van der Waals surface area (Å²) in [6.07, 6.45) is 6.64. The fourth-order valence-corrected chi connectivity index (χ4v) is 6.52. The maximum absolute atomic E-state index is 12.6. The number of methoxy groups -OCH3 is 1. The number of halogens is 1. The van der Waals surface area contributed by atoms with E-state index in [-0.39, 0.29) is 6.04 Å². The first kappa shape index (κ1) is 28.3. The molecule has 12 heteroatoms. The SMILES string of the molecule is COc1cc(N2CCC(N(C)C)CC2)ccc1Nc1ncc(Cl)c(Nc2ccccc2N(C2CC2)S(C)(=O)=O)n1. The summed E-state index contributed by atoms with van der Waals surface area (Å²) >= 11 is 6.46. The molecule has 1 aromatic heterocycles. The minimum Gasteiger partial charge on any atom is -0.494 e. The summed E-state index contributed by atoms with van der Waals surface area (Å²) in [5.74, 6) is 1.36. The molecule has 0 radical (unpaired) electrons. The summed E-state index contributed by atoms with van der Waals surface area (Å²) in [6.45, 7) is 1.99. The molecule has 1 aliphatic carbocycles. The highest BCUT2D eigenvalue weighted by Crippen LogP contribution is 2.39. The van der Waals surface area contributed by atoms with Crippen LogP contribution in [-0.2, 0) is 10.0 Å². The Morgan fingerprint density at radius 1 is 1.00 bits per heavy atom. The fourth-order valence-electron chi connectivity index (χ4n) is 5.11. The third-order valence-electron chi connectivity index (χ3n) is 7.37. The van der Waals surface area contributed by atoms with E-state index in [2.05, 4.69) is 50.6 Å². The largest absolute Gasteiger partial charge is 0.494 e. The normalized spacial score (nSPS) is 16.2. The molecule has 5 rings (SSSR count). The van der Waals surface area contributed by atoms with Crippen LogP contribution in [0.25, 0.3) is 0 Å². The quantitative estimate of drug-likeness (QED) is 0.337. The van der Waals surface area contributed by atoms with Crippen molar-refractivity contribution in [3.8, 4) is 5.75 Å². The van der Waals surface area contributed by atoms with Gasteiger partial charge in [-0.25, -0.2) is 13.4 Å². The first-order chi connectivity index (χ1) is 19.1. The number of anilines is 6. The van der Waals surface area contributed by atoms with Crippen molar-refractivity contribution in [2.24, 2.45) is 0 Å². The van der Waals surface area contributed by atoms with Gasteiger partial charge in [-0.3, -0.25) is 4.31 Å². The zero-order chi connectivity index (χ0) is 28.4. The van der Waals surface area contributed by atoms with Gasteiger partial charge in [-0.2, -0.15) is 4.98 Å². The number of para-hydroxylation sites is 2. The van der Waals surface area contributed by atoms with E-state index in [1.807, 2.05) is 30.3 Å². The maximum atomic E-state index is 12.6. The Balaban J connectivity index is 1.35. The standard InChI is InChI=1S/C28H36ClN7O3S/c1-34(2)19-13-15-35(16-14-19)21-11-12-24(26(17-21)39-3)32-28-30-18-22(29)27(33-28)31-23-7-5-6-8-25(23)36(20-9-10-20)40(4,37)38/h5-8,11-12,17-20H,9-10,13-16H2,1-4H3,(H2,30,31,32,33). The van der Waals surface area contributed by atoms with Gasteiger partial charge in [0.2, 0.25) is 16.0 Å². The predicted molar refractivity (Wildman–Crippen MR) is 162 cm³/mol. The number of hydrogen-bond acceptors (Lipinski definition) is 9. The van der Waals surface area contributed by atoms with Gasteiger partial charge < -0.3 is 25.2 Å². The molecule has 0 amide bonds. The van der Waals surface area contributed by atoms with E-state index in [9.17, 15) is 8.42 Å². The summed E-state index contributed by atoms with van der Waals surface area (Å²) in [5, 5.41) is 6.77. The third kappa shape index (κ3) is 6.37. The molecule has 1 saturated carbocycles. The van der Waals surface area contributed by atoms with Crippen molar-refractivity contribution in [3.63, 3.8) is 0 Å². The van der Waals surface area contributed by atoms with Crippen LogP contribution < -0.4 is 24.6 Å². The lowest BCUT2D eigenvalue weighted by atomic mass is 10.0. The van der Waals surface area contributed by atoms with Crippen molar-refractivity contribution in [1.82, 2.24) is 14.9 Å². The number of aromatic nitrogens is 2. The number of nitrogens with zero attached hydrogens (tertiary/aromatic N) is 5. The zero-order valence-electron chi connectivity index (χ0n) is 23.3. The molecule has 1 saturated heterocycles. The highest BCUT2D eigenvalue weighted by molar-refractivity contribution is 7.92. The molecule has 0 unspecified atom stereocenters. The molecule has 10 nitrogen and oxygen atoms in total. The van der Waals surface area contributed by atoms with Crippen molar-refractivity contribution < 1.29 is 13.2 Å². The van der Waals surface area contributed by atoms with Gasteiger partial charge in [0.05, 0.1) is 36.6 Å². The minimum atomic E-state index is -3.46. The van der Waals surface area contributed by atoms with Crippen LogP contribution in [0.1, 0.15) is 25.7 Å². The Hall–Kier alpha value is -3.28. The van der Waals surface area contributed by atoms with Gasteiger partial charge in [-0.1, -0.05) is 23.7 Å².